The quantitative estimate of drug-likeness (QED) is 0.129. The van der Waals surface area contributed by atoms with Crippen molar-refractivity contribution in [2.24, 2.45) is 11.3 Å². The predicted octanol–water partition coefficient (Wildman–Crippen LogP) is 6.90. The first kappa shape index (κ1) is 25.2. The summed E-state index contributed by atoms with van der Waals surface area (Å²) >= 11 is 2.13. The van der Waals surface area contributed by atoms with Crippen molar-refractivity contribution in [2.75, 3.05) is 0 Å². The molecular weight excluding hydrogens is 555 g/mol. The second-order valence-corrected chi connectivity index (χ2v) is 16.8. The molecule has 0 aliphatic heterocycles. The summed E-state index contributed by atoms with van der Waals surface area (Å²) in [5.74, 6) is -1.56. The molecule has 6 heteroatoms. The Kier molecular flexibility index (Phi) is 6.40. The summed E-state index contributed by atoms with van der Waals surface area (Å²) < 4.78 is 7.68. The minimum Gasteiger partial charge on any atom is -0.409 e. The highest BCUT2D eigenvalue weighted by Crippen LogP contribution is 2.54. The van der Waals surface area contributed by atoms with E-state index < -0.39 is 25.8 Å². The van der Waals surface area contributed by atoms with Gasteiger partial charge in [-0.2, -0.15) is 0 Å². The summed E-state index contributed by atoms with van der Waals surface area (Å²) in [6, 6.07) is 14.2. The molecule has 0 bridgehead atoms. The molecule has 2 aromatic carbocycles. The molecule has 0 heterocycles. The Morgan fingerprint density at radius 1 is 1.03 bits per heavy atom. The molecule has 4 rings (SSSR count). The molecule has 34 heavy (non-hydrogen) atoms. The number of allylic oxidation sites excluding steroid dienone is 1. The van der Waals surface area contributed by atoms with Gasteiger partial charge in [-0.15, -0.1) is 0 Å². The van der Waals surface area contributed by atoms with Crippen LogP contribution in [0.15, 0.2) is 60.2 Å². The predicted molar refractivity (Wildman–Crippen MR) is 145 cm³/mol. The van der Waals surface area contributed by atoms with Crippen LogP contribution in [0.25, 0.3) is 0 Å². The first-order valence-electron chi connectivity index (χ1n) is 11.7. The molecule has 178 valence electrons. The fourth-order valence-electron chi connectivity index (χ4n) is 4.94. The van der Waals surface area contributed by atoms with E-state index in [1.165, 1.54) is 0 Å². The second-order valence-electron chi connectivity index (χ2n) is 10.9. The number of fused-ring (bicyclic) bond motifs is 2. The summed E-state index contributed by atoms with van der Waals surface area (Å²) in [5.41, 5.74) is 0.415. The highest BCUT2D eigenvalue weighted by atomic mass is 127. The van der Waals surface area contributed by atoms with Crippen LogP contribution < -0.4 is 0 Å². The highest BCUT2D eigenvalue weighted by Gasteiger charge is 2.65. The van der Waals surface area contributed by atoms with E-state index in [2.05, 4.69) is 56.5 Å². The Hall–Kier alpha value is -1.90. The van der Waals surface area contributed by atoms with Gasteiger partial charge < -0.3 is 4.43 Å². The average molecular weight is 587 g/mol. The molecule has 4 nitrogen and oxygen atoms in total. The van der Waals surface area contributed by atoms with Gasteiger partial charge in [0.2, 0.25) is 0 Å². The number of hydrogen-bond donors (Lipinski definition) is 0. The highest BCUT2D eigenvalue weighted by molar-refractivity contribution is 14.1. The van der Waals surface area contributed by atoms with E-state index >= 15 is 0 Å². The van der Waals surface area contributed by atoms with Crippen LogP contribution in [0.4, 0.5) is 0 Å². The topological polar surface area (TPSA) is 60.4 Å². The molecule has 0 aromatic heterocycles. The number of ketones is 3. The zero-order chi connectivity index (χ0) is 25.1. The van der Waals surface area contributed by atoms with Gasteiger partial charge >= 0.3 is 0 Å². The second kappa shape index (κ2) is 8.64. The summed E-state index contributed by atoms with van der Waals surface area (Å²) in [7, 11) is -2.42. The van der Waals surface area contributed by atoms with E-state index in [1.54, 1.807) is 36.4 Å². The molecule has 0 amide bonds. The number of halogens is 1. The lowest BCUT2D eigenvalue weighted by Crippen LogP contribution is -2.63. The SMILES string of the molecule is CC1=CC[C@H]2C(=O)c3ccccc3C(=O)[C@@]2(C(=O)c2ccccc2I)[C@H]1O[Si](C)(C)C(C)(C)C. The first-order valence-corrected chi connectivity index (χ1v) is 15.6. The van der Waals surface area contributed by atoms with Crippen molar-refractivity contribution in [1.82, 2.24) is 0 Å². The van der Waals surface area contributed by atoms with Crippen LogP contribution in [0, 0.1) is 14.9 Å². The molecule has 3 atom stereocenters. The molecule has 0 fully saturated rings. The van der Waals surface area contributed by atoms with Crippen LogP contribution in [-0.2, 0) is 4.43 Å². The van der Waals surface area contributed by atoms with Gasteiger partial charge in [-0.1, -0.05) is 69.3 Å². The molecule has 0 radical (unpaired) electrons. The molecule has 0 saturated heterocycles. The van der Waals surface area contributed by atoms with Gasteiger partial charge in [0.05, 0.1) is 6.10 Å². The van der Waals surface area contributed by atoms with Crippen LogP contribution in [0.5, 0.6) is 0 Å². The van der Waals surface area contributed by atoms with Crippen LogP contribution in [0.1, 0.15) is 65.2 Å². The number of carbonyl (C=O) groups excluding carboxylic acids is 3. The first-order chi connectivity index (χ1) is 15.8. The number of benzene rings is 2. The molecule has 0 saturated carbocycles. The van der Waals surface area contributed by atoms with Gasteiger partial charge in [0.1, 0.15) is 5.41 Å². The largest absolute Gasteiger partial charge is 0.409 e. The Bertz CT molecular complexity index is 1220. The maximum atomic E-state index is 14.6. The maximum Gasteiger partial charge on any atom is 0.192 e. The minimum absolute atomic E-state index is 0.134. The van der Waals surface area contributed by atoms with E-state index in [0.717, 1.165) is 9.14 Å². The van der Waals surface area contributed by atoms with Crippen LogP contribution in [0.3, 0.4) is 0 Å². The Balaban J connectivity index is 2.03. The normalized spacial score (nSPS) is 24.9. The van der Waals surface area contributed by atoms with Crippen molar-refractivity contribution in [2.45, 2.75) is 58.4 Å². The third-order valence-corrected chi connectivity index (χ3v) is 13.3. The summed E-state index contributed by atoms with van der Waals surface area (Å²) in [6.45, 7) is 12.6. The zero-order valence-corrected chi connectivity index (χ0v) is 23.7. The van der Waals surface area contributed by atoms with E-state index in [-0.39, 0.29) is 22.4 Å². The lowest BCUT2D eigenvalue weighted by molar-refractivity contribution is 0.0120. The maximum absolute atomic E-state index is 14.6. The van der Waals surface area contributed by atoms with Gasteiger partial charge in [0.25, 0.3) is 0 Å². The lowest BCUT2D eigenvalue weighted by atomic mass is 9.53. The van der Waals surface area contributed by atoms with Crippen molar-refractivity contribution in [3.05, 3.63) is 80.4 Å². The Morgan fingerprint density at radius 3 is 2.24 bits per heavy atom. The molecule has 2 aromatic rings. The van der Waals surface area contributed by atoms with Crippen molar-refractivity contribution in [3.63, 3.8) is 0 Å². The fourth-order valence-corrected chi connectivity index (χ4v) is 6.89. The standard InChI is InChI=1S/C28H31IO4Si/c1-17-15-16-21-23(30)18-11-7-8-12-19(18)24(31)28(21,25(32)20-13-9-10-14-22(20)29)26(17)33-34(5,6)27(2,3)4/h7-15,21,26H,16H2,1-6H3/t21-,26-,28-/m0/s1. The fraction of sp³-hybridized carbons (Fsp3) is 0.393. The lowest BCUT2D eigenvalue weighted by Gasteiger charge is -2.51. The smallest absolute Gasteiger partial charge is 0.192 e. The van der Waals surface area contributed by atoms with E-state index in [4.69, 9.17) is 4.43 Å². The number of Topliss-reactive ketones (excluding diaryl/α,β-unsaturated/α-hetero) is 3. The van der Waals surface area contributed by atoms with E-state index in [0.29, 0.717) is 23.1 Å². The molecule has 0 unspecified atom stereocenters. The summed E-state index contributed by atoms with van der Waals surface area (Å²) in [6.07, 6.45) is 1.54. The van der Waals surface area contributed by atoms with Crippen molar-refractivity contribution in [1.29, 1.82) is 0 Å². The van der Waals surface area contributed by atoms with Crippen molar-refractivity contribution >= 4 is 48.3 Å². The molecule has 0 spiro atoms. The monoisotopic (exact) mass is 586 g/mol. The summed E-state index contributed by atoms with van der Waals surface area (Å²) in [4.78, 5) is 42.9. The van der Waals surface area contributed by atoms with Gasteiger partial charge in [0, 0.05) is 26.2 Å². The van der Waals surface area contributed by atoms with Gasteiger partial charge in [-0.05, 0) is 65.7 Å². The van der Waals surface area contributed by atoms with E-state index in [1.807, 2.05) is 25.1 Å². The van der Waals surface area contributed by atoms with Crippen molar-refractivity contribution in [3.8, 4) is 0 Å². The van der Waals surface area contributed by atoms with Crippen LogP contribution >= 0.6 is 22.6 Å². The van der Waals surface area contributed by atoms with Gasteiger partial charge in [-0.25, -0.2) is 0 Å². The van der Waals surface area contributed by atoms with E-state index in [9.17, 15) is 14.4 Å². The Labute approximate surface area is 216 Å². The number of hydrogen-bond acceptors (Lipinski definition) is 4. The van der Waals surface area contributed by atoms with Gasteiger partial charge in [0.15, 0.2) is 25.7 Å². The minimum atomic E-state index is -2.42. The molecule has 2 aliphatic carbocycles. The number of carbonyl (C=O) groups is 3. The van der Waals surface area contributed by atoms with Crippen LogP contribution in [-0.4, -0.2) is 31.8 Å². The third kappa shape index (κ3) is 3.69. The number of rotatable bonds is 4. The molecule has 0 N–H and O–H groups in total. The molecular formula is C28H31IO4Si. The summed E-state index contributed by atoms with van der Waals surface area (Å²) in [5, 5.41) is -0.134. The third-order valence-electron chi connectivity index (χ3n) is 7.89. The van der Waals surface area contributed by atoms with Gasteiger partial charge in [-0.3, -0.25) is 14.4 Å². The average Bonchev–Trinajstić information content (AvgIpc) is 2.78. The zero-order valence-electron chi connectivity index (χ0n) is 20.6. The molecule has 2 aliphatic rings. The Morgan fingerprint density at radius 2 is 1.62 bits per heavy atom. The van der Waals surface area contributed by atoms with Crippen molar-refractivity contribution < 1.29 is 18.8 Å². The van der Waals surface area contributed by atoms with Crippen LogP contribution in [0.2, 0.25) is 18.1 Å².